The van der Waals surface area contributed by atoms with Crippen LogP contribution < -0.4 is 16.7 Å². The molecule has 1 saturated heterocycles. The molecule has 1 amide bonds. The lowest BCUT2D eigenvalue weighted by atomic mass is 10.2. The number of hydrogen-bond donors (Lipinski definition) is 1. The van der Waals surface area contributed by atoms with Gasteiger partial charge in [0.2, 0.25) is 5.91 Å². The summed E-state index contributed by atoms with van der Waals surface area (Å²) in [5.41, 5.74) is -1.66. The Labute approximate surface area is 201 Å². The van der Waals surface area contributed by atoms with E-state index >= 15 is 0 Å². The van der Waals surface area contributed by atoms with E-state index in [-0.39, 0.29) is 39.2 Å². The Bertz CT molecular complexity index is 1240. The molecule has 1 fully saturated rings. The van der Waals surface area contributed by atoms with Gasteiger partial charge < -0.3 is 9.47 Å². The lowest BCUT2D eigenvalue weighted by Crippen LogP contribution is -2.49. The highest BCUT2D eigenvalue weighted by molar-refractivity contribution is 6.33. The zero-order chi connectivity index (χ0) is 25.9. The van der Waals surface area contributed by atoms with Crippen molar-refractivity contribution in [2.24, 2.45) is 7.05 Å². The number of alkyl halides is 3. The van der Waals surface area contributed by atoms with Gasteiger partial charge in [-0.25, -0.2) is 19.2 Å². The van der Waals surface area contributed by atoms with Crippen molar-refractivity contribution in [3.05, 3.63) is 61.4 Å². The van der Waals surface area contributed by atoms with Gasteiger partial charge in [-0.2, -0.15) is 13.2 Å². The van der Waals surface area contributed by atoms with E-state index < -0.39 is 35.2 Å². The molecule has 0 radical (unpaired) electrons. The monoisotopic (exact) mass is 518 g/mol. The van der Waals surface area contributed by atoms with E-state index in [1.165, 1.54) is 19.1 Å². The molecule has 1 N–H and O–H groups in total. The molecule has 0 saturated carbocycles. The summed E-state index contributed by atoms with van der Waals surface area (Å²) in [5, 5.41) is 1.60. The molecule has 2 aromatic rings. The minimum Gasteiger partial charge on any atom is -0.458 e. The number of carbonyl (C=O) groups is 2. The Morgan fingerprint density at radius 2 is 1.86 bits per heavy atom. The van der Waals surface area contributed by atoms with E-state index in [9.17, 15) is 32.3 Å². The normalized spacial score (nSPS) is 15.5. The van der Waals surface area contributed by atoms with E-state index in [1.54, 1.807) is 5.01 Å². The first-order valence-corrected chi connectivity index (χ1v) is 10.8. The number of morpholine rings is 1. The van der Waals surface area contributed by atoms with Crippen molar-refractivity contribution in [2.75, 3.05) is 26.3 Å². The molecule has 35 heavy (non-hydrogen) atoms. The fourth-order valence-corrected chi connectivity index (χ4v) is 3.58. The van der Waals surface area contributed by atoms with Crippen molar-refractivity contribution in [3.8, 4) is 5.69 Å². The van der Waals surface area contributed by atoms with Crippen LogP contribution in [0.1, 0.15) is 29.4 Å². The predicted molar refractivity (Wildman–Crippen MR) is 117 cm³/mol. The van der Waals surface area contributed by atoms with Crippen LogP contribution in [-0.2, 0) is 27.5 Å². The summed E-state index contributed by atoms with van der Waals surface area (Å²) in [4.78, 5) is 49.7. The van der Waals surface area contributed by atoms with Crippen LogP contribution >= 0.6 is 11.6 Å². The van der Waals surface area contributed by atoms with Gasteiger partial charge in [0, 0.05) is 26.2 Å². The van der Waals surface area contributed by atoms with Gasteiger partial charge in [-0.3, -0.25) is 19.6 Å². The van der Waals surface area contributed by atoms with E-state index in [2.05, 4.69) is 5.43 Å². The minimum absolute atomic E-state index is 0.0829. The minimum atomic E-state index is -4.91. The Morgan fingerprint density at radius 3 is 2.49 bits per heavy atom. The van der Waals surface area contributed by atoms with E-state index in [4.69, 9.17) is 21.1 Å². The number of esters is 1. The second-order valence-corrected chi connectivity index (χ2v) is 8.17. The zero-order valence-corrected chi connectivity index (χ0v) is 19.5. The van der Waals surface area contributed by atoms with Crippen LogP contribution in [0.2, 0.25) is 5.02 Å². The summed E-state index contributed by atoms with van der Waals surface area (Å²) >= 11 is 6.07. The van der Waals surface area contributed by atoms with Gasteiger partial charge in [0.15, 0.2) is 0 Å². The van der Waals surface area contributed by atoms with Crippen LogP contribution in [-0.4, -0.2) is 58.4 Å². The van der Waals surface area contributed by atoms with Crippen LogP contribution in [0.5, 0.6) is 0 Å². The van der Waals surface area contributed by atoms with E-state index in [0.717, 1.165) is 13.1 Å². The SMILES string of the molecule is CC(CC(=O)NN1CCOCC1)OC(=O)c1cc(-n2c(=O)cc(C(F)(F)F)n(C)c2=O)ccc1Cl. The van der Waals surface area contributed by atoms with Crippen LogP contribution in [0.15, 0.2) is 33.9 Å². The summed E-state index contributed by atoms with van der Waals surface area (Å²) in [6.07, 6.45) is -5.92. The van der Waals surface area contributed by atoms with Crippen molar-refractivity contribution < 1.29 is 32.2 Å². The molecule has 1 aliphatic heterocycles. The quantitative estimate of drug-likeness (QED) is 0.577. The second-order valence-electron chi connectivity index (χ2n) is 7.76. The summed E-state index contributed by atoms with van der Waals surface area (Å²) in [5.74, 6) is -1.33. The molecule has 2 heterocycles. The van der Waals surface area contributed by atoms with Gasteiger partial charge in [0.1, 0.15) is 11.8 Å². The number of hydrogen-bond acceptors (Lipinski definition) is 7. The number of nitrogens with one attached hydrogen (secondary N) is 1. The standard InChI is InChI=1S/C21H22ClF3N4O6/c1-12(9-17(30)26-28-5-7-34-8-6-28)35-19(32)14-10-13(3-4-15(14)22)29-18(31)11-16(21(23,24)25)27(2)20(29)33/h3-4,10-12H,5-9H2,1-2H3,(H,26,30). The fourth-order valence-electron chi connectivity index (χ4n) is 3.39. The molecule has 14 heteroatoms. The summed E-state index contributed by atoms with van der Waals surface area (Å²) in [6, 6.07) is 3.74. The molecule has 0 aliphatic carbocycles. The van der Waals surface area contributed by atoms with E-state index in [0.29, 0.717) is 30.9 Å². The Balaban J connectivity index is 1.79. The molecule has 1 aromatic carbocycles. The molecule has 1 atom stereocenters. The molecule has 1 unspecified atom stereocenters. The molecule has 3 rings (SSSR count). The van der Waals surface area contributed by atoms with Crippen molar-refractivity contribution in [1.82, 2.24) is 19.6 Å². The lowest BCUT2D eigenvalue weighted by molar-refractivity contribution is -0.144. The van der Waals surface area contributed by atoms with Crippen molar-refractivity contribution in [3.63, 3.8) is 0 Å². The van der Waals surface area contributed by atoms with Gasteiger partial charge in [0.25, 0.3) is 5.56 Å². The first-order valence-electron chi connectivity index (χ1n) is 10.4. The van der Waals surface area contributed by atoms with Crippen LogP contribution in [0.4, 0.5) is 13.2 Å². The fraction of sp³-hybridized carbons (Fsp3) is 0.429. The number of aromatic nitrogens is 2. The molecule has 0 spiro atoms. The largest absolute Gasteiger partial charge is 0.458 e. The van der Waals surface area contributed by atoms with Crippen molar-refractivity contribution >= 4 is 23.5 Å². The third-order valence-electron chi connectivity index (χ3n) is 5.11. The number of ether oxygens (including phenoxy) is 2. The number of halogens is 4. The number of nitrogens with zero attached hydrogens (tertiary/aromatic N) is 3. The average Bonchev–Trinajstić information content (AvgIpc) is 2.77. The van der Waals surface area contributed by atoms with Crippen LogP contribution in [0.25, 0.3) is 5.69 Å². The molecular weight excluding hydrogens is 497 g/mol. The number of rotatable bonds is 6. The Morgan fingerprint density at radius 1 is 1.20 bits per heavy atom. The predicted octanol–water partition coefficient (Wildman–Crippen LogP) is 1.51. The third kappa shape index (κ3) is 6.29. The Hall–Kier alpha value is -3.16. The van der Waals surface area contributed by atoms with Gasteiger partial charge in [-0.1, -0.05) is 11.6 Å². The van der Waals surface area contributed by atoms with Crippen molar-refractivity contribution in [2.45, 2.75) is 25.6 Å². The number of benzene rings is 1. The first-order chi connectivity index (χ1) is 16.4. The highest BCUT2D eigenvalue weighted by Gasteiger charge is 2.35. The zero-order valence-electron chi connectivity index (χ0n) is 18.7. The molecule has 190 valence electrons. The highest BCUT2D eigenvalue weighted by Crippen LogP contribution is 2.27. The summed E-state index contributed by atoms with van der Waals surface area (Å²) < 4.78 is 50.5. The van der Waals surface area contributed by atoms with Crippen molar-refractivity contribution in [1.29, 1.82) is 0 Å². The number of amides is 1. The average molecular weight is 519 g/mol. The van der Waals surface area contributed by atoms with Crippen LogP contribution in [0, 0.1) is 0 Å². The molecule has 0 bridgehead atoms. The number of carbonyl (C=O) groups excluding carboxylic acids is 2. The maximum atomic E-state index is 13.1. The summed E-state index contributed by atoms with van der Waals surface area (Å²) in [6.45, 7) is 3.48. The third-order valence-corrected chi connectivity index (χ3v) is 5.44. The topological polar surface area (TPSA) is 112 Å². The molecular formula is C21H22ClF3N4O6. The van der Waals surface area contributed by atoms with Gasteiger partial charge >= 0.3 is 17.8 Å². The van der Waals surface area contributed by atoms with Gasteiger partial charge in [-0.05, 0) is 25.1 Å². The second kappa shape index (κ2) is 10.6. The lowest BCUT2D eigenvalue weighted by Gasteiger charge is -2.27. The van der Waals surface area contributed by atoms with Crippen LogP contribution in [0.3, 0.4) is 0 Å². The molecule has 10 nitrogen and oxygen atoms in total. The Kier molecular flexibility index (Phi) is 8.03. The first kappa shape index (κ1) is 26.4. The molecule has 1 aliphatic rings. The number of hydrazine groups is 1. The maximum Gasteiger partial charge on any atom is 0.431 e. The van der Waals surface area contributed by atoms with E-state index in [1.807, 2.05) is 0 Å². The summed E-state index contributed by atoms with van der Waals surface area (Å²) in [7, 11) is 0.871. The smallest absolute Gasteiger partial charge is 0.431 e. The molecule has 1 aromatic heterocycles. The highest BCUT2D eigenvalue weighted by atomic mass is 35.5. The van der Waals surface area contributed by atoms with Gasteiger partial charge in [0.05, 0.1) is 35.9 Å². The maximum absolute atomic E-state index is 13.1. The van der Waals surface area contributed by atoms with Gasteiger partial charge in [-0.15, -0.1) is 0 Å².